The van der Waals surface area contributed by atoms with Crippen LogP contribution in [0.1, 0.15) is 31.8 Å². The van der Waals surface area contributed by atoms with E-state index < -0.39 is 0 Å². The monoisotopic (exact) mass is 254 g/mol. The van der Waals surface area contributed by atoms with Crippen molar-refractivity contribution in [3.63, 3.8) is 0 Å². The molecule has 3 N–H and O–H groups in total. The van der Waals surface area contributed by atoms with Gasteiger partial charge < -0.3 is 20.2 Å². The van der Waals surface area contributed by atoms with Gasteiger partial charge >= 0.3 is 0 Å². The first-order valence-electron chi connectivity index (χ1n) is 6.27. The van der Waals surface area contributed by atoms with E-state index in [1.807, 2.05) is 6.07 Å². The molecule has 0 saturated carbocycles. The number of carbonyl (C=O) groups is 1. The normalized spacial score (nSPS) is 10.9. The summed E-state index contributed by atoms with van der Waals surface area (Å²) in [7, 11) is 0. The van der Waals surface area contributed by atoms with Crippen molar-refractivity contribution in [3.05, 3.63) is 23.7 Å². The second kappa shape index (κ2) is 7.89. The molecule has 18 heavy (non-hydrogen) atoms. The fourth-order valence-electron chi connectivity index (χ4n) is 1.42. The highest BCUT2D eigenvalue weighted by Crippen LogP contribution is 2.06. The zero-order chi connectivity index (χ0) is 13.4. The minimum absolute atomic E-state index is 0.0618. The van der Waals surface area contributed by atoms with Crippen molar-refractivity contribution in [2.24, 2.45) is 5.92 Å². The molecule has 0 aliphatic carbocycles. The van der Waals surface area contributed by atoms with Crippen molar-refractivity contribution in [3.8, 4) is 0 Å². The molecule has 1 aromatic rings. The molecule has 0 fully saturated rings. The van der Waals surface area contributed by atoms with Crippen LogP contribution in [0.2, 0.25) is 0 Å². The highest BCUT2D eigenvalue weighted by atomic mass is 16.4. The average molecular weight is 254 g/mol. The molecular formula is C13H22N2O3. The Morgan fingerprint density at radius 3 is 2.72 bits per heavy atom. The molecule has 0 aromatic carbocycles. The average Bonchev–Trinajstić information content (AvgIpc) is 2.80. The van der Waals surface area contributed by atoms with Gasteiger partial charge in [-0.25, -0.2) is 0 Å². The first-order chi connectivity index (χ1) is 8.61. The van der Waals surface area contributed by atoms with E-state index in [2.05, 4.69) is 24.5 Å². The van der Waals surface area contributed by atoms with Crippen LogP contribution >= 0.6 is 0 Å². The predicted octanol–water partition coefficient (Wildman–Crippen LogP) is 1.02. The molecule has 1 heterocycles. The van der Waals surface area contributed by atoms with Gasteiger partial charge in [0.1, 0.15) is 18.1 Å². The van der Waals surface area contributed by atoms with Crippen LogP contribution in [0.3, 0.4) is 0 Å². The van der Waals surface area contributed by atoms with Crippen molar-refractivity contribution < 1.29 is 14.3 Å². The summed E-state index contributed by atoms with van der Waals surface area (Å²) >= 11 is 0. The summed E-state index contributed by atoms with van der Waals surface area (Å²) in [5, 5.41) is 14.8. The first-order valence-corrected chi connectivity index (χ1v) is 6.27. The molecular weight excluding hydrogens is 232 g/mol. The second-order valence-electron chi connectivity index (χ2n) is 4.65. The lowest BCUT2D eigenvalue weighted by Crippen LogP contribution is -2.30. The summed E-state index contributed by atoms with van der Waals surface area (Å²) in [5.74, 6) is 1.86. The third kappa shape index (κ3) is 5.84. The number of aliphatic hydroxyl groups is 1. The van der Waals surface area contributed by atoms with Crippen molar-refractivity contribution in [1.29, 1.82) is 0 Å². The predicted molar refractivity (Wildman–Crippen MR) is 68.8 cm³/mol. The lowest BCUT2D eigenvalue weighted by atomic mass is 10.2. The molecule has 0 spiro atoms. The number of nitrogens with one attached hydrogen (secondary N) is 2. The van der Waals surface area contributed by atoms with Crippen molar-refractivity contribution in [1.82, 2.24) is 10.6 Å². The van der Waals surface area contributed by atoms with Crippen LogP contribution in [0.15, 0.2) is 16.5 Å². The van der Waals surface area contributed by atoms with Crippen LogP contribution in [0.4, 0.5) is 0 Å². The van der Waals surface area contributed by atoms with Crippen molar-refractivity contribution in [2.45, 2.75) is 33.4 Å². The van der Waals surface area contributed by atoms with E-state index in [4.69, 9.17) is 9.52 Å². The number of amides is 1. The fourth-order valence-corrected chi connectivity index (χ4v) is 1.42. The van der Waals surface area contributed by atoms with Gasteiger partial charge in [-0.3, -0.25) is 4.79 Å². The SMILES string of the molecule is CC(C)CNC(=O)CCNCc1ccc(CO)o1. The van der Waals surface area contributed by atoms with Gasteiger partial charge in [0.2, 0.25) is 5.91 Å². The smallest absolute Gasteiger partial charge is 0.221 e. The molecule has 5 heteroatoms. The van der Waals surface area contributed by atoms with E-state index in [-0.39, 0.29) is 12.5 Å². The van der Waals surface area contributed by atoms with Gasteiger partial charge in [0, 0.05) is 19.5 Å². The number of carbonyl (C=O) groups excluding carboxylic acids is 1. The molecule has 0 bridgehead atoms. The number of rotatable bonds is 8. The summed E-state index contributed by atoms with van der Waals surface area (Å²) in [6, 6.07) is 3.56. The molecule has 0 unspecified atom stereocenters. The number of aliphatic hydroxyl groups excluding tert-OH is 1. The maximum absolute atomic E-state index is 11.4. The minimum atomic E-state index is -0.0857. The number of furan rings is 1. The second-order valence-corrected chi connectivity index (χ2v) is 4.65. The zero-order valence-electron chi connectivity index (χ0n) is 11.0. The highest BCUT2D eigenvalue weighted by Gasteiger charge is 2.03. The Kier molecular flexibility index (Phi) is 6.46. The number of hydrogen-bond acceptors (Lipinski definition) is 4. The fraction of sp³-hybridized carbons (Fsp3) is 0.615. The Balaban J connectivity index is 2.09. The summed E-state index contributed by atoms with van der Waals surface area (Å²) in [5.41, 5.74) is 0. The van der Waals surface area contributed by atoms with Crippen LogP contribution in [-0.2, 0) is 17.9 Å². The van der Waals surface area contributed by atoms with Gasteiger partial charge in [0.05, 0.1) is 6.54 Å². The van der Waals surface area contributed by atoms with E-state index in [0.717, 1.165) is 12.3 Å². The molecule has 102 valence electrons. The Labute approximate surface area is 108 Å². The standard InChI is InChI=1S/C13H22N2O3/c1-10(2)7-15-13(17)5-6-14-8-11-3-4-12(9-16)18-11/h3-4,10,14,16H,5-9H2,1-2H3,(H,15,17). The van der Waals surface area contributed by atoms with E-state index in [0.29, 0.717) is 31.2 Å². The lowest BCUT2D eigenvalue weighted by Gasteiger charge is -2.07. The lowest BCUT2D eigenvalue weighted by molar-refractivity contribution is -0.121. The van der Waals surface area contributed by atoms with Crippen LogP contribution in [0.5, 0.6) is 0 Å². The van der Waals surface area contributed by atoms with Crippen molar-refractivity contribution in [2.75, 3.05) is 13.1 Å². The van der Waals surface area contributed by atoms with Crippen LogP contribution in [0, 0.1) is 5.92 Å². The number of hydrogen-bond donors (Lipinski definition) is 3. The third-order valence-electron chi connectivity index (χ3n) is 2.41. The van der Waals surface area contributed by atoms with Gasteiger partial charge in [-0.2, -0.15) is 0 Å². The Hall–Kier alpha value is -1.33. The van der Waals surface area contributed by atoms with Gasteiger partial charge in [-0.05, 0) is 18.1 Å². The Bertz CT molecular complexity index is 361. The molecule has 5 nitrogen and oxygen atoms in total. The maximum atomic E-state index is 11.4. The summed E-state index contributed by atoms with van der Waals surface area (Å²) in [4.78, 5) is 11.4. The molecule has 0 atom stereocenters. The minimum Gasteiger partial charge on any atom is -0.462 e. The molecule has 0 aliphatic rings. The zero-order valence-corrected chi connectivity index (χ0v) is 11.0. The van der Waals surface area contributed by atoms with E-state index in [1.165, 1.54) is 0 Å². The largest absolute Gasteiger partial charge is 0.462 e. The van der Waals surface area contributed by atoms with Gasteiger partial charge in [0.15, 0.2) is 0 Å². The molecule has 1 aromatic heterocycles. The van der Waals surface area contributed by atoms with E-state index in [9.17, 15) is 4.79 Å². The van der Waals surface area contributed by atoms with Gasteiger partial charge in [-0.15, -0.1) is 0 Å². The highest BCUT2D eigenvalue weighted by molar-refractivity contribution is 5.76. The molecule has 0 radical (unpaired) electrons. The Morgan fingerprint density at radius 1 is 1.39 bits per heavy atom. The Morgan fingerprint density at radius 2 is 2.11 bits per heavy atom. The van der Waals surface area contributed by atoms with E-state index >= 15 is 0 Å². The quantitative estimate of drug-likeness (QED) is 0.606. The van der Waals surface area contributed by atoms with Crippen LogP contribution < -0.4 is 10.6 Å². The maximum Gasteiger partial charge on any atom is 0.221 e. The first kappa shape index (κ1) is 14.7. The van der Waals surface area contributed by atoms with E-state index in [1.54, 1.807) is 6.07 Å². The summed E-state index contributed by atoms with van der Waals surface area (Å²) < 4.78 is 5.31. The summed E-state index contributed by atoms with van der Waals surface area (Å²) in [6.07, 6.45) is 0.459. The van der Waals surface area contributed by atoms with Gasteiger partial charge in [-0.1, -0.05) is 13.8 Å². The topological polar surface area (TPSA) is 74.5 Å². The molecule has 1 amide bonds. The molecule has 0 saturated heterocycles. The third-order valence-corrected chi connectivity index (χ3v) is 2.41. The van der Waals surface area contributed by atoms with Crippen LogP contribution in [0.25, 0.3) is 0 Å². The van der Waals surface area contributed by atoms with Crippen LogP contribution in [-0.4, -0.2) is 24.1 Å². The molecule has 1 rings (SSSR count). The van der Waals surface area contributed by atoms with Gasteiger partial charge in [0.25, 0.3) is 0 Å². The summed E-state index contributed by atoms with van der Waals surface area (Å²) in [6.45, 7) is 5.94. The van der Waals surface area contributed by atoms with Crippen molar-refractivity contribution >= 4 is 5.91 Å². The molecule has 0 aliphatic heterocycles.